The summed E-state index contributed by atoms with van der Waals surface area (Å²) in [6.07, 6.45) is 8.58. The van der Waals surface area contributed by atoms with Gasteiger partial charge in [-0.25, -0.2) is 0 Å². The van der Waals surface area contributed by atoms with E-state index in [4.69, 9.17) is 0 Å². The molecule has 1 saturated carbocycles. The van der Waals surface area contributed by atoms with E-state index in [2.05, 4.69) is 40.1 Å². The van der Waals surface area contributed by atoms with E-state index in [1.54, 1.807) is 0 Å². The molecule has 2 nitrogen and oxygen atoms in total. The summed E-state index contributed by atoms with van der Waals surface area (Å²) in [5.74, 6) is 0.995. The summed E-state index contributed by atoms with van der Waals surface area (Å²) in [5.41, 5.74) is 1.47. The zero-order valence-corrected chi connectivity index (χ0v) is 13.3. The predicted molar refractivity (Wildman–Crippen MR) is 89.6 cm³/mol. The van der Waals surface area contributed by atoms with Crippen molar-refractivity contribution >= 4 is 0 Å². The molecule has 1 saturated heterocycles. The Morgan fingerprint density at radius 2 is 1.48 bits per heavy atom. The number of nitrogens with zero attached hydrogens (tertiary/aromatic N) is 2. The van der Waals surface area contributed by atoms with Gasteiger partial charge >= 0.3 is 0 Å². The van der Waals surface area contributed by atoms with Crippen molar-refractivity contribution in [3.8, 4) is 0 Å². The number of hydrogen-bond acceptors (Lipinski definition) is 2. The third-order valence-corrected chi connectivity index (χ3v) is 5.27. The Hall–Kier alpha value is -0.860. The van der Waals surface area contributed by atoms with Crippen LogP contribution in [0.15, 0.2) is 30.3 Å². The third-order valence-electron chi connectivity index (χ3n) is 5.27. The molecular formula is C19H30N2. The van der Waals surface area contributed by atoms with Crippen molar-refractivity contribution in [3.63, 3.8) is 0 Å². The quantitative estimate of drug-likeness (QED) is 0.818. The van der Waals surface area contributed by atoms with E-state index in [1.165, 1.54) is 83.4 Å². The first-order valence-electron chi connectivity index (χ1n) is 8.89. The molecule has 0 N–H and O–H groups in total. The van der Waals surface area contributed by atoms with Gasteiger partial charge in [0.05, 0.1) is 0 Å². The minimum absolute atomic E-state index is 0.995. The molecule has 0 aromatic heterocycles. The molecule has 1 aromatic rings. The number of hydrogen-bond donors (Lipinski definition) is 0. The van der Waals surface area contributed by atoms with Crippen molar-refractivity contribution in [1.82, 2.24) is 9.80 Å². The van der Waals surface area contributed by atoms with Crippen LogP contribution in [0.25, 0.3) is 0 Å². The van der Waals surface area contributed by atoms with Gasteiger partial charge in [0.15, 0.2) is 0 Å². The second kappa shape index (κ2) is 7.95. The Kier molecular flexibility index (Phi) is 5.70. The van der Waals surface area contributed by atoms with Crippen LogP contribution in [0.1, 0.15) is 37.7 Å². The lowest BCUT2D eigenvalue weighted by atomic mass is 9.89. The van der Waals surface area contributed by atoms with Crippen molar-refractivity contribution in [2.75, 3.05) is 39.3 Å². The van der Waals surface area contributed by atoms with Crippen LogP contribution in [0.5, 0.6) is 0 Å². The summed E-state index contributed by atoms with van der Waals surface area (Å²) in [6.45, 7) is 7.68. The second-order valence-electron chi connectivity index (χ2n) is 6.88. The van der Waals surface area contributed by atoms with Crippen LogP contribution in [0.3, 0.4) is 0 Å². The van der Waals surface area contributed by atoms with Gasteiger partial charge in [-0.2, -0.15) is 0 Å². The summed E-state index contributed by atoms with van der Waals surface area (Å²) < 4.78 is 0. The van der Waals surface area contributed by atoms with Crippen LogP contribution in [0.4, 0.5) is 0 Å². The highest BCUT2D eigenvalue weighted by atomic mass is 15.3. The molecule has 21 heavy (non-hydrogen) atoms. The fourth-order valence-corrected chi connectivity index (χ4v) is 3.86. The van der Waals surface area contributed by atoms with Gasteiger partial charge in [-0.3, -0.25) is 0 Å². The highest BCUT2D eigenvalue weighted by Crippen LogP contribution is 2.24. The van der Waals surface area contributed by atoms with Crippen molar-refractivity contribution in [2.45, 2.75) is 38.5 Å². The predicted octanol–water partition coefficient (Wildman–Crippen LogP) is 3.43. The summed E-state index contributed by atoms with van der Waals surface area (Å²) in [4.78, 5) is 5.36. The Labute approximate surface area is 130 Å². The fraction of sp³-hybridized carbons (Fsp3) is 0.684. The van der Waals surface area contributed by atoms with Crippen LogP contribution in [-0.4, -0.2) is 49.1 Å². The molecule has 0 amide bonds. The lowest BCUT2D eigenvalue weighted by molar-refractivity contribution is 0.110. The topological polar surface area (TPSA) is 6.48 Å². The summed E-state index contributed by atoms with van der Waals surface area (Å²) in [6, 6.07) is 10.9. The number of piperazine rings is 1. The maximum atomic E-state index is 2.72. The Bertz CT molecular complexity index is 389. The molecule has 1 heterocycles. The van der Waals surface area contributed by atoms with E-state index in [9.17, 15) is 0 Å². The van der Waals surface area contributed by atoms with Crippen molar-refractivity contribution < 1.29 is 0 Å². The van der Waals surface area contributed by atoms with Crippen LogP contribution < -0.4 is 0 Å². The first kappa shape index (κ1) is 15.1. The van der Waals surface area contributed by atoms with E-state index in [-0.39, 0.29) is 0 Å². The monoisotopic (exact) mass is 286 g/mol. The zero-order chi connectivity index (χ0) is 14.3. The molecule has 1 aliphatic heterocycles. The lowest BCUT2D eigenvalue weighted by Crippen LogP contribution is -2.48. The highest BCUT2D eigenvalue weighted by molar-refractivity contribution is 5.14. The normalized spacial score (nSPS) is 22.5. The van der Waals surface area contributed by atoms with E-state index < -0.39 is 0 Å². The minimum atomic E-state index is 0.995. The molecule has 1 aromatic carbocycles. The minimum Gasteiger partial charge on any atom is -0.301 e. The van der Waals surface area contributed by atoms with Gasteiger partial charge in [0, 0.05) is 39.3 Å². The maximum Gasteiger partial charge on any atom is 0.0110 e. The molecule has 0 spiro atoms. The third kappa shape index (κ3) is 4.82. The van der Waals surface area contributed by atoms with Gasteiger partial charge in [-0.1, -0.05) is 49.6 Å². The smallest absolute Gasteiger partial charge is 0.0110 e. The highest BCUT2D eigenvalue weighted by Gasteiger charge is 2.21. The maximum absolute atomic E-state index is 2.72. The molecule has 1 aliphatic carbocycles. The zero-order valence-electron chi connectivity index (χ0n) is 13.3. The Balaban J connectivity index is 1.35. The standard InChI is InChI=1S/C19H30N2/c1-3-7-18(8-4-1)11-12-20-13-15-21(16-14-20)17-19-9-5-2-6-10-19/h1,3-4,7-8,19H,2,5-6,9-17H2. The lowest BCUT2D eigenvalue weighted by Gasteiger charge is -2.37. The average Bonchev–Trinajstić information content (AvgIpc) is 2.56. The van der Waals surface area contributed by atoms with Crippen molar-refractivity contribution in [3.05, 3.63) is 35.9 Å². The second-order valence-corrected chi connectivity index (χ2v) is 6.88. The Morgan fingerprint density at radius 1 is 0.810 bits per heavy atom. The Morgan fingerprint density at radius 3 is 2.19 bits per heavy atom. The van der Waals surface area contributed by atoms with Gasteiger partial charge in [0.25, 0.3) is 0 Å². The van der Waals surface area contributed by atoms with Crippen LogP contribution in [-0.2, 0) is 6.42 Å². The molecule has 0 atom stereocenters. The van der Waals surface area contributed by atoms with Gasteiger partial charge < -0.3 is 9.80 Å². The largest absolute Gasteiger partial charge is 0.301 e. The molecular weight excluding hydrogens is 256 g/mol. The van der Waals surface area contributed by atoms with E-state index in [0.29, 0.717) is 0 Å². The van der Waals surface area contributed by atoms with Crippen molar-refractivity contribution in [2.24, 2.45) is 5.92 Å². The first-order valence-corrected chi connectivity index (χ1v) is 8.89. The summed E-state index contributed by atoms with van der Waals surface area (Å²) in [5, 5.41) is 0. The number of rotatable bonds is 5. The number of benzene rings is 1. The SMILES string of the molecule is c1ccc(CCN2CCN(CC3CCCCC3)CC2)cc1. The van der Waals surface area contributed by atoms with Gasteiger partial charge in [0.1, 0.15) is 0 Å². The summed E-state index contributed by atoms with van der Waals surface area (Å²) >= 11 is 0. The van der Waals surface area contributed by atoms with E-state index in [0.717, 1.165) is 5.92 Å². The molecule has 0 radical (unpaired) electrons. The van der Waals surface area contributed by atoms with E-state index in [1.807, 2.05) is 0 Å². The molecule has 116 valence electrons. The van der Waals surface area contributed by atoms with Gasteiger partial charge in [-0.05, 0) is 30.7 Å². The van der Waals surface area contributed by atoms with Gasteiger partial charge in [-0.15, -0.1) is 0 Å². The summed E-state index contributed by atoms with van der Waals surface area (Å²) in [7, 11) is 0. The van der Waals surface area contributed by atoms with Crippen molar-refractivity contribution in [1.29, 1.82) is 0 Å². The molecule has 2 heteroatoms. The van der Waals surface area contributed by atoms with Crippen LogP contribution >= 0.6 is 0 Å². The molecule has 3 rings (SSSR count). The van der Waals surface area contributed by atoms with Crippen LogP contribution in [0, 0.1) is 5.92 Å². The fourth-order valence-electron chi connectivity index (χ4n) is 3.86. The van der Waals surface area contributed by atoms with Crippen LogP contribution in [0.2, 0.25) is 0 Å². The first-order chi connectivity index (χ1) is 10.4. The molecule has 2 aliphatic rings. The average molecular weight is 286 g/mol. The van der Waals surface area contributed by atoms with E-state index >= 15 is 0 Å². The molecule has 0 unspecified atom stereocenters. The van der Waals surface area contributed by atoms with Gasteiger partial charge in [0.2, 0.25) is 0 Å². The molecule has 2 fully saturated rings. The molecule has 0 bridgehead atoms.